The van der Waals surface area contributed by atoms with Crippen molar-refractivity contribution < 1.29 is 35.9 Å². The third kappa shape index (κ3) is 5.21. The molecule has 0 atom stereocenters. The molecule has 1 saturated heterocycles. The van der Waals surface area contributed by atoms with Crippen LogP contribution in [-0.2, 0) is 26.0 Å². The molecule has 0 bridgehead atoms. The van der Waals surface area contributed by atoms with Crippen LogP contribution in [0.25, 0.3) is 5.78 Å². The van der Waals surface area contributed by atoms with Gasteiger partial charge in [0.2, 0.25) is 10.0 Å². The summed E-state index contributed by atoms with van der Waals surface area (Å²) in [5, 5.41) is 4.20. The summed E-state index contributed by atoms with van der Waals surface area (Å²) in [5.74, 6) is -0.409. The zero-order valence-electron chi connectivity index (χ0n) is 19.4. The van der Waals surface area contributed by atoms with Crippen LogP contribution in [0.2, 0.25) is 0 Å². The molecule has 194 valence electrons. The number of piperazine rings is 1. The molecule has 2 aromatic heterocycles. The maximum Gasteiger partial charge on any atom is 0.573 e. The van der Waals surface area contributed by atoms with Crippen molar-refractivity contribution in [3.63, 3.8) is 0 Å². The van der Waals surface area contributed by atoms with E-state index in [9.17, 15) is 26.4 Å². The van der Waals surface area contributed by atoms with E-state index in [0.29, 0.717) is 22.9 Å². The Kier molecular flexibility index (Phi) is 7.04. The molecule has 1 aliphatic rings. The largest absolute Gasteiger partial charge is 0.573 e. The first-order valence-corrected chi connectivity index (χ1v) is 12.4. The molecule has 1 fully saturated rings. The van der Waals surface area contributed by atoms with Crippen LogP contribution in [0.4, 0.5) is 19.0 Å². The Hall–Kier alpha value is -3.46. The van der Waals surface area contributed by atoms with Gasteiger partial charge in [-0.15, -0.1) is 13.2 Å². The van der Waals surface area contributed by atoms with Crippen molar-refractivity contribution in [2.45, 2.75) is 31.5 Å². The van der Waals surface area contributed by atoms with Crippen LogP contribution < -0.4 is 9.64 Å². The average molecular weight is 529 g/mol. The van der Waals surface area contributed by atoms with E-state index in [1.807, 2.05) is 4.90 Å². The van der Waals surface area contributed by atoms with Crippen molar-refractivity contribution in [3.8, 4) is 5.75 Å². The summed E-state index contributed by atoms with van der Waals surface area (Å²) in [4.78, 5) is 22.0. The number of aromatic nitrogens is 4. The number of nitrogens with zero attached hydrogens (tertiary/aromatic N) is 6. The lowest BCUT2D eigenvalue weighted by atomic mass is 10.1. The second-order valence-corrected chi connectivity index (χ2v) is 9.75. The van der Waals surface area contributed by atoms with Gasteiger partial charge >= 0.3 is 12.3 Å². The maximum absolute atomic E-state index is 13.2. The number of alkyl halides is 3. The second-order valence-electron chi connectivity index (χ2n) is 7.84. The van der Waals surface area contributed by atoms with Gasteiger partial charge in [-0.1, -0.05) is 12.1 Å². The zero-order chi connectivity index (χ0) is 26.1. The highest BCUT2D eigenvalue weighted by Crippen LogP contribution is 2.32. The number of ether oxygens (including phenoxy) is 2. The van der Waals surface area contributed by atoms with Crippen molar-refractivity contribution in [2.75, 3.05) is 37.7 Å². The van der Waals surface area contributed by atoms with Gasteiger partial charge in [0.15, 0.2) is 0 Å². The first kappa shape index (κ1) is 25.6. The van der Waals surface area contributed by atoms with Gasteiger partial charge in [0.1, 0.15) is 22.8 Å². The topological polar surface area (TPSA) is 119 Å². The first-order valence-electron chi connectivity index (χ1n) is 11.0. The molecule has 1 aliphatic heterocycles. The number of hydrogen-bond acceptors (Lipinski definition) is 9. The number of aryl methyl sites for hydroxylation is 1. The molecule has 15 heteroatoms. The minimum atomic E-state index is -5.04. The number of hydrogen-bond donors (Lipinski definition) is 0. The molecule has 0 radical (unpaired) electrons. The summed E-state index contributed by atoms with van der Waals surface area (Å²) < 4.78 is 76.4. The van der Waals surface area contributed by atoms with Crippen LogP contribution in [0.15, 0.2) is 35.5 Å². The van der Waals surface area contributed by atoms with E-state index in [2.05, 4.69) is 19.8 Å². The molecule has 0 amide bonds. The number of esters is 1. The normalized spacial score (nSPS) is 15.3. The summed E-state index contributed by atoms with van der Waals surface area (Å²) >= 11 is 0. The Balaban J connectivity index is 1.61. The van der Waals surface area contributed by atoms with Crippen molar-refractivity contribution in [2.24, 2.45) is 0 Å². The first-order chi connectivity index (χ1) is 17.0. The summed E-state index contributed by atoms with van der Waals surface area (Å²) in [6.07, 6.45) is -3.79. The van der Waals surface area contributed by atoms with Gasteiger partial charge in [0, 0.05) is 37.4 Å². The third-order valence-corrected chi connectivity index (χ3v) is 7.50. The number of benzene rings is 1. The fourth-order valence-corrected chi connectivity index (χ4v) is 5.54. The minimum absolute atomic E-state index is 0.0287. The van der Waals surface area contributed by atoms with Gasteiger partial charge in [0.05, 0.1) is 13.0 Å². The molecule has 0 N–H and O–H groups in total. The van der Waals surface area contributed by atoms with Crippen LogP contribution in [0.3, 0.4) is 0 Å². The number of carbonyl (C=O) groups is 1. The van der Waals surface area contributed by atoms with E-state index < -0.39 is 33.0 Å². The highest BCUT2D eigenvalue weighted by atomic mass is 32.2. The van der Waals surface area contributed by atoms with Gasteiger partial charge in [0.25, 0.3) is 5.78 Å². The van der Waals surface area contributed by atoms with Crippen LogP contribution in [0.5, 0.6) is 5.75 Å². The Labute approximate surface area is 204 Å². The molecule has 1 aromatic carbocycles. The molecule has 0 unspecified atom stereocenters. The molecule has 0 spiro atoms. The van der Waals surface area contributed by atoms with Crippen molar-refractivity contribution in [3.05, 3.63) is 41.9 Å². The molecule has 3 heterocycles. The molecule has 0 saturated carbocycles. The quantitative estimate of drug-likeness (QED) is 0.424. The van der Waals surface area contributed by atoms with Crippen LogP contribution in [-0.4, -0.2) is 77.4 Å². The molecular formula is C21H23F3N6O5S. The molecule has 0 aliphatic carbocycles. The minimum Gasteiger partial charge on any atom is -0.466 e. The van der Waals surface area contributed by atoms with E-state index >= 15 is 0 Å². The molecular weight excluding hydrogens is 505 g/mol. The molecule has 4 rings (SSSR count). The van der Waals surface area contributed by atoms with Gasteiger partial charge < -0.3 is 14.4 Å². The SMILES string of the molecule is CCOC(=O)Cc1c(C)nc2ncnn2c1N1CCN(S(=O)(=O)c2ccccc2OC(F)(F)F)CC1. The zero-order valence-corrected chi connectivity index (χ0v) is 20.2. The predicted molar refractivity (Wildman–Crippen MR) is 120 cm³/mol. The number of anilines is 1. The number of para-hydroxylation sites is 1. The lowest BCUT2D eigenvalue weighted by Crippen LogP contribution is -2.49. The van der Waals surface area contributed by atoms with E-state index in [-0.39, 0.29) is 39.2 Å². The number of sulfonamides is 1. The Morgan fingerprint density at radius 1 is 1.14 bits per heavy atom. The Morgan fingerprint density at radius 3 is 2.50 bits per heavy atom. The Morgan fingerprint density at radius 2 is 1.83 bits per heavy atom. The smallest absolute Gasteiger partial charge is 0.466 e. The van der Waals surface area contributed by atoms with E-state index in [0.717, 1.165) is 16.4 Å². The molecule has 36 heavy (non-hydrogen) atoms. The number of rotatable bonds is 7. The molecule has 3 aromatic rings. The average Bonchev–Trinajstić information content (AvgIpc) is 3.27. The van der Waals surface area contributed by atoms with Crippen molar-refractivity contribution >= 4 is 27.6 Å². The number of carbonyl (C=O) groups excluding carboxylic acids is 1. The number of fused-ring (bicyclic) bond motifs is 1. The molecule has 11 nitrogen and oxygen atoms in total. The summed E-state index contributed by atoms with van der Waals surface area (Å²) in [7, 11) is -4.29. The predicted octanol–water partition coefficient (Wildman–Crippen LogP) is 1.95. The number of halogens is 3. The summed E-state index contributed by atoms with van der Waals surface area (Å²) in [6.45, 7) is 3.93. The standard InChI is InChI=1S/C21H23F3N6O5S/c1-3-34-18(31)12-15-14(2)27-20-25-13-26-30(20)19(15)28-8-10-29(11-9-28)36(32,33)17-7-5-4-6-16(17)35-21(22,23)24/h4-7,13H,3,8-12H2,1-2H3. The maximum atomic E-state index is 13.2. The van der Waals surface area contributed by atoms with Crippen molar-refractivity contribution in [1.29, 1.82) is 0 Å². The van der Waals surface area contributed by atoms with Gasteiger partial charge in [-0.05, 0) is 26.0 Å². The second kappa shape index (κ2) is 9.89. The Bertz CT molecular complexity index is 1370. The lowest BCUT2D eigenvalue weighted by Gasteiger charge is -2.36. The summed E-state index contributed by atoms with van der Waals surface area (Å²) in [5.41, 5.74) is 1.11. The van der Waals surface area contributed by atoms with Gasteiger partial charge in [-0.3, -0.25) is 4.79 Å². The third-order valence-electron chi connectivity index (χ3n) is 5.56. The van der Waals surface area contributed by atoms with Crippen LogP contribution in [0, 0.1) is 6.92 Å². The van der Waals surface area contributed by atoms with E-state index in [4.69, 9.17) is 4.74 Å². The van der Waals surface area contributed by atoms with Gasteiger partial charge in [-0.25, -0.2) is 13.4 Å². The van der Waals surface area contributed by atoms with Crippen molar-refractivity contribution in [1.82, 2.24) is 23.9 Å². The fourth-order valence-electron chi connectivity index (χ4n) is 4.01. The van der Waals surface area contributed by atoms with E-state index in [1.54, 1.807) is 13.8 Å². The van der Waals surface area contributed by atoms with Crippen LogP contribution in [0.1, 0.15) is 18.2 Å². The van der Waals surface area contributed by atoms with Crippen LogP contribution >= 0.6 is 0 Å². The highest BCUT2D eigenvalue weighted by molar-refractivity contribution is 7.89. The highest BCUT2D eigenvalue weighted by Gasteiger charge is 2.37. The van der Waals surface area contributed by atoms with Gasteiger partial charge in [-0.2, -0.15) is 18.9 Å². The summed E-state index contributed by atoms with van der Waals surface area (Å²) in [6, 6.07) is 4.62. The monoisotopic (exact) mass is 528 g/mol. The fraction of sp³-hybridized carbons (Fsp3) is 0.429. The van der Waals surface area contributed by atoms with E-state index in [1.165, 1.54) is 23.0 Å². The lowest BCUT2D eigenvalue weighted by molar-refractivity contribution is -0.275.